The van der Waals surface area contributed by atoms with Gasteiger partial charge in [-0.15, -0.1) is 0 Å². The molecule has 0 radical (unpaired) electrons. The normalized spacial score (nSPS) is 11.6. The summed E-state index contributed by atoms with van der Waals surface area (Å²) in [6, 6.07) is 3.78. The van der Waals surface area contributed by atoms with Crippen molar-refractivity contribution in [2.75, 3.05) is 30.0 Å². The van der Waals surface area contributed by atoms with E-state index in [1.54, 1.807) is 11.8 Å². The molecule has 0 aliphatic rings. The van der Waals surface area contributed by atoms with E-state index in [2.05, 4.69) is 10.3 Å². The molecule has 1 aromatic heterocycles. The van der Waals surface area contributed by atoms with Crippen LogP contribution in [-0.2, 0) is 6.18 Å². The monoisotopic (exact) mass is 280 g/mol. The Morgan fingerprint density at radius 2 is 2.06 bits per heavy atom. The molecule has 102 valence electrons. The summed E-state index contributed by atoms with van der Waals surface area (Å²) in [5.41, 5.74) is -0.888. The first-order valence-corrected chi connectivity index (χ1v) is 6.66. The summed E-state index contributed by atoms with van der Waals surface area (Å²) in [5.74, 6) is 1.83. The lowest BCUT2D eigenvalue weighted by molar-refractivity contribution is -0.141. The number of pyridine rings is 1. The molecule has 0 bridgehead atoms. The number of rotatable bonds is 7. The predicted molar refractivity (Wildman–Crippen MR) is 66.8 cm³/mol. The zero-order valence-corrected chi connectivity index (χ0v) is 10.5. The lowest BCUT2D eigenvalue weighted by atomic mass is 10.3. The number of alkyl halides is 3. The van der Waals surface area contributed by atoms with E-state index in [4.69, 9.17) is 5.11 Å². The Balaban J connectivity index is 2.34. The van der Waals surface area contributed by atoms with Crippen molar-refractivity contribution in [3.63, 3.8) is 0 Å². The Labute approximate surface area is 108 Å². The zero-order chi connectivity index (χ0) is 13.4. The highest BCUT2D eigenvalue weighted by molar-refractivity contribution is 7.99. The molecule has 0 saturated carbocycles. The third-order valence-electron chi connectivity index (χ3n) is 2.04. The molecule has 1 heterocycles. The van der Waals surface area contributed by atoms with Crippen molar-refractivity contribution in [2.45, 2.75) is 12.6 Å². The van der Waals surface area contributed by atoms with E-state index < -0.39 is 11.9 Å². The number of halogens is 3. The largest absolute Gasteiger partial charge is 0.433 e. The first-order valence-electron chi connectivity index (χ1n) is 5.51. The van der Waals surface area contributed by atoms with Crippen LogP contribution in [0.2, 0.25) is 0 Å². The summed E-state index contributed by atoms with van der Waals surface area (Å²) in [5, 5.41) is 11.4. The summed E-state index contributed by atoms with van der Waals surface area (Å²) in [4.78, 5) is 3.49. The van der Waals surface area contributed by atoms with Gasteiger partial charge in [0.1, 0.15) is 11.5 Å². The van der Waals surface area contributed by atoms with E-state index in [-0.39, 0.29) is 12.4 Å². The molecule has 0 aliphatic carbocycles. The summed E-state index contributed by atoms with van der Waals surface area (Å²) in [6.07, 6.45) is -3.68. The molecule has 0 unspecified atom stereocenters. The van der Waals surface area contributed by atoms with Crippen molar-refractivity contribution in [1.29, 1.82) is 0 Å². The fourth-order valence-electron chi connectivity index (χ4n) is 1.21. The van der Waals surface area contributed by atoms with E-state index >= 15 is 0 Å². The van der Waals surface area contributed by atoms with Gasteiger partial charge >= 0.3 is 6.18 Å². The van der Waals surface area contributed by atoms with Crippen molar-refractivity contribution in [3.8, 4) is 0 Å². The number of hydrogen-bond donors (Lipinski definition) is 2. The van der Waals surface area contributed by atoms with Crippen LogP contribution in [0, 0.1) is 0 Å². The molecular formula is C11H15F3N2OS. The maximum Gasteiger partial charge on any atom is 0.433 e. The molecule has 1 aromatic rings. The van der Waals surface area contributed by atoms with Crippen LogP contribution in [0.3, 0.4) is 0 Å². The van der Waals surface area contributed by atoms with Crippen molar-refractivity contribution in [3.05, 3.63) is 23.9 Å². The molecule has 1 rings (SSSR count). The van der Waals surface area contributed by atoms with Gasteiger partial charge in [-0.1, -0.05) is 6.07 Å². The fraction of sp³-hybridized carbons (Fsp3) is 0.545. The van der Waals surface area contributed by atoms with E-state index in [0.717, 1.165) is 24.0 Å². The van der Waals surface area contributed by atoms with Crippen molar-refractivity contribution in [2.24, 2.45) is 0 Å². The molecule has 18 heavy (non-hydrogen) atoms. The number of nitrogens with zero attached hydrogens (tertiary/aromatic N) is 1. The van der Waals surface area contributed by atoms with Gasteiger partial charge in [-0.05, 0) is 24.3 Å². The fourth-order valence-corrected chi connectivity index (χ4v) is 1.99. The van der Waals surface area contributed by atoms with Gasteiger partial charge in [-0.2, -0.15) is 24.9 Å². The summed E-state index contributed by atoms with van der Waals surface area (Å²) < 4.78 is 37.1. The number of thioether (sulfide) groups is 1. The van der Waals surface area contributed by atoms with Gasteiger partial charge in [0.2, 0.25) is 0 Å². The summed E-state index contributed by atoms with van der Waals surface area (Å²) in [6.45, 7) is 0.708. The third-order valence-corrected chi connectivity index (χ3v) is 3.11. The number of nitrogens with one attached hydrogen (secondary N) is 1. The van der Waals surface area contributed by atoms with Crippen LogP contribution >= 0.6 is 11.8 Å². The molecule has 7 heteroatoms. The minimum atomic E-state index is -4.41. The molecule has 0 spiro atoms. The Kier molecular flexibility index (Phi) is 6.28. The van der Waals surface area contributed by atoms with Crippen molar-refractivity contribution >= 4 is 17.6 Å². The molecule has 0 saturated heterocycles. The molecule has 0 aromatic carbocycles. The van der Waals surface area contributed by atoms with Gasteiger partial charge in [0.25, 0.3) is 0 Å². The number of aromatic nitrogens is 1. The van der Waals surface area contributed by atoms with E-state index in [1.807, 2.05) is 0 Å². The molecule has 3 nitrogen and oxygen atoms in total. The second-order valence-corrected chi connectivity index (χ2v) is 4.75. The third kappa shape index (κ3) is 5.59. The average molecular weight is 280 g/mol. The first-order chi connectivity index (χ1) is 8.54. The predicted octanol–water partition coefficient (Wildman–Crippen LogP) is 2.63. The molecule has 2 N–H and O–H groups in total. The summed E-state index contributed by atoms with van der Waals surface area (Å²) >= 11 is 1.63. The first kappa shape index (κ1) is 15.1. The number of hydrogen-bond acceptors (Lipinski definition) is 4. The van der Waals surface area contributed by atoms with E-state index in [1.165, 1.54) is 12.1 Å². The minimum Gasteiger partial charge on any atom is -0.396 e. The molecule has 0 fully saturated rings. The maximum atomic E-state index is 12.4. The molecule has 0 aliphatic heterocycles. The Hall–Kier alpha value is -0.950. The number of anilines is 1. The van der Waals surface area contributed by atoms with Crippen LogP contribution in [0.5, 0.6) is 0 Å². The van der Waals surface area contributed by atoms with Crippen molar-refractivity contribution in [1.82, 2.24) is 4.98 Å². The van der Waals surface area contributed by atoms with Crippen LogP contribution in [-0.4, -0.2) is 34.7 Å². The highest BCUT2D eigenvalue weighted by Crippen LogP contribution is 2.28. The second kappa shape index (κ2) is 7.48. The van der Waals surface area contributed by atoms with Crippen LogP contribution in [0.4, 0.5) is 19.0 Å². The number of aliphatic hydroxyl groups is 1. The van der Waals surface area contributed by atoms with Gasteiger partial charge in [-0.25, -0.2) is 4.98 Å². The maximum absolute atomic E-state index is 12.4. The van der Waals surface area contributed by atoms with Gasteiger partial charge in [0.05, 0.1) is 0 Å². The van der Waals surface area contributed by atoms with Crippen molar-refractivity contribution < 1.29 is 18.3 Å². The summed E-state index contributed by atoms with van der Waals surface area (Å²) in [7, 11) is 0. The van der Waals surface area contributed by atoms with Crippen LogP contribution in [0.1, 0.15) is 12.1 Å². The van der Waals surface area contributed by atoms with Gasteiger partial charge in [-0.3, -0.25) is 0 Å². The van der Waals surface area contributed by atoms with Crippen LogP contribution in [0.15, 0.2) is 18.2 Å². The smallest absolute Gasteiger partial charge is 0.396 e. The topological polar surface area (TPSA) is 45.1 Å². The minimum absolute atomic E-state index is 0.162. The van der Waals surface area contributed by atoms with Crippen LogP contribution in [0.25, 0.3) is 0 Å². The molecule has 0 amide bonds. The van der Waals surface area contributed by atoms with Gasteiger partial charge in [0.15, 0.2) is 0 Å². The lowest BCUT2D eigenvalue weighted by Crippen LogP contribution is -2.11. The quantitative estimate of drug-likeness (QED) is 0.754. The molecular weight excluding hydrogens is 265 g/mol. The van der Waals surface area contributed by atoms with Gasteiger partial charge in [0, 0.05) is 18.9 Å². The Morgan fingerprint density at radius 3 is 2.72 bits per heavy atom. The highest BCUT2D eigenvalue weighted by Gasteiger charge is 2.32. The second-order valence-electron chi connectivity index (χ2n) is 3.52. The number of aliphatic hydroxyl groups excluding tert-OH is 1. The van der Waals surface area contributed by atoms with Crippen LogP contribution < -0.4 is 5.32 Å². The Morgan fingerprint density at radius 1 is 1.28 bits per heavy atom. The lowest BCUT2D eigenvalue weighted by Gasteiger charge is -2.09. The van der Waals surface area contributed by atoms with Gasteiger partial charge < -0.3 is 10.4 Å². The zero-order valence-electron chi connectivity index (χ0n) is 9.70. The highest BCUT2D eigenvalue weighted by atomic mass is 32.2. The molecule has 0 atom stereocenters. The standard InChI is InChI=1S/C11H15F3N2OS/c12-11(13,14)9-3-1-4-10(16-9)15-5-8-18-7-2-6-17/h1,3-4,17H,2,5-8H2,(H,15,16). The average Bonchev–Trinajstić information content (AvgIpc) is 2.33. The SMILES string of the molecule is OCCCSCCNc1cccc(C(F)(F)F)n1. The van der Waals surface area contributed by atoms with E-state index in [9.17, 15) is 13.2 Å². The van der Waals surface area contributed by atoms with E-state index in [0.29, 0.717) is 6.54 Å². The Bertz CT molecular complexity index is 360.